The summed E-state index contributed by atoms with van der Waals surface area (Å²) in [6.07, 6.45) is 7.17. The lowest BCUT2D eigenvalue weighted by atomic mass is 9.77. The van der Waals surface area contributed by atoms with E-state index in [1.54, 1.807) is 6.20 Å². The van der Waals surface area contributed by atoms with Gasteiger partial charge in [-0.1, -0.05) is 13.8 Å². The van der Waals surface area contributed by atoms with Gasteiger partial charge in [-0.05, 0) is 38.0 Å². The van der Waals surface area contributed by atoms with Gasteiger partial charge in [0.25, 0.3) is 0 Å². The second kappa shape index (κ2) is 6.64. The van der Waals surface area contributed by atoms with E-state index in [0.29, 0.717) is 11.0 Å². The van der Waals surface area contributed by atoms with E-state index in [1.807, 2.05) is 5.38 Å². The van der Waals surface area contributed by atoms with Gasteiger partial charge in [-0.25, -0.2) is 4.98 Å². The van der Waals surface area contributed by atoms with Crippen molar-refractivity contribution in [2.24, 2.45) is 5.92 Å². The molecule has 1 aromatic heterocycles. The fourth-order valence-electron chi connectivity index (χ4n) is 3.36. The largest absolute Gasteiger partial charge is 0.373 e. The molecule has 3 rings (SSSR count). The van der Waals surface area contributed by atoms with Crippen LogP contribution in [-0.2, 0) is 9.53 Å². The fourth-order valence-corrected chi connectivity index (χ4v) is 3.89. The van der Waals surface area contributed by atoms with Gasteiger partial charge in [-0.2, -0.15) is 0 Å². The minimum Gasteiger partial charge on any atom is -0.373 e. The summed E-state index contributed by atoms with van der Waals surface area (Å²) in [5.41, 5.74) is 0.117. The molecule has 1 amide bonds. The number of rotatable bonds is 6. The first-order valence-electron chi connectivity index (χ1n) is 8.17. The second-order valence-corrected chi connectivity index (χ2v) is 7.82. The molecule has 1 spiro atoms. The van der Waals surface area contributed by atoms with E-state index in [4.69, 9.17) is 4.74 Å². The average Bonchev–Trinajstić information content (AvgIpc) is 3.06. The van der Waals surface area contributed by atoms with Gasteiger partial charge in [0, 0.05) is 17.6 Å². The molecule has 22 heavy (non-hydrogen) atoms. The number of nitrogens with zero attached hydrogens (tertiary/aromatic N) is 1. The minimum absolute atomic E-state index is 0.0122. The Hall–Kier alpha value is -0.980. The lowest BCUT2D eigenvalue weighted by Crippen LogP contribution is -2.47. The summed E-state index contributed by atoms with van der Waals surface area (Å²) in [4.78, 5) is 16.7. The smallest absolute Gasteiger partial charge is 0.243 e. The lowest BCUT2D eigenvalue weighted by Gasteiger charge is -2.37. The summed E-state index contributed by atoms with van der Waals surface area (Å²) in [6.45, 7) is 5.01. The Morgan fingerprint density at radius 2 is 2.36 bits per heavy atom. The number of thiazole rings is 1. The Morgan fingerprint density at radius 3 is 2.91 bits per heavy atom. The van der Waals surface area contributed by atoms with E-state index >= 15 is 0 Å². The molecule has 1 aliphatic heterocycles. The minimum atomic E-state index is -0.187. The number of carbonyl (C=O) groups excluding carboxylic acids is 1. The van der Waals surface area contributed by atoms with E-state index in [2.05, 4.69) is 29.5 Å². The van der Waals surface area contributed by atoms with E-state index in [-0.39, 0.29) is 23.6 Å². The Labute approximate surface area is 135 Å². The Kier molecular flexibility index (Phi) is 4.80. The van der Waals surface area contributed by atoms with Crippen LogP contribution in [0.1, 0.15) is 46.0 Å². The molecule has 2 fully saturated rings. The zero-order valence-electron chi connectivity index (χ0n) is 13.3. The van der Waals surface area contributed by atoms with Crippen molar-refractivity contribution in [2.45, 2.75) is 63.6 Å². The van der Waals surface area contributed by atoms with Gasteiger partial charge >= 0.3 is 0 Å². The molecule has 5 nitrogen and oxygen atoms in total. The number of hydrogen-bond donors (Lipinski definition) is 2. The number of aromatic nitrogens is 1. The molecular weight excluding hydrogens is 298 g/mol. The molecule has 1 saturated heterocycles. The predicted molar refractivity (Wildman–Crippen MR) is 88.1 cm³/mol. The Bertz CT molecular complexity index is 499. The first-order valence-corrected chi connectivity index (χ1v) is 9.05. The van der Waals surface area contributed by atoms with E-state index in [1.165, 1.54) is 30.6 Å². The molecule has 1 aromatic rings. The number of carbonyl (C=O) groups is 1. The average molecular weight is 323 g/mol. The summed E-state index contributed by atoms with van der Waals surface area (Å²) in [5.74, 6) is 0.470. The molecule has 0 radical (unpaired) electrons. The molecule has 0 bridgehead atoms. The van der Waals surface area contributed by atoms with Gasteiger partial charge in [0.2, 0.25) is 5.91 Å². The van der Waals surface area contributed by atoms with Gasteiger partial charge in [0.15, 0.2) is 5.13 Å². The summed E-state index contributed by atoms with van der Waals surface area (Å²) in [5, 5.41) is 8.97. The quantitative estimate of drug-likeness (QED) is 0.845. The molecule has 2 aliphatic rings. The first-order chi connectivity index (χ1) is 10.6. The van der Waals surface area contributed by atoms with Crippen molar-refractivity contribution in [1.29, 1.82) is 0 Å². The molecule has 1 aliphatic carbocycles. The van der Waals surface area contributed by atoms with Crippen LogP contribution >= 0.6 is 11.3 Å². The molecule has 2 heterocycles. The van der Waals surface area contributed by atoms with Crippen LogP contribution in [0.3, 0.4) is 0 Å². The van der Waals surface area contributed by atoms with Crippen LogP contribution in [0.15, 0.2) is 11.6 Å². The van der Waals surface area contributed by atoms with E-state index < -0.39 is 0 Å². The highest BCUT2D eigenvalue weighted by molar-refractivity contribution is 7.13. The monoisotopic (exact) mass is 323 g/mol. The summed E-state index contributed by atoms with van der Waals surface area (Å²) in [6, 6.07) is 0.0961. The lowest BCUT2D eigenvalue weighted by molar-refractivity contribution is -0.118. The zero-order chi connectivity index (χ0) is 15.6. The molecular formula is C16H25N3O2S. The van der Waals surface area contributed by atoms with Crippen molar-refractivity contribution < 1.29 is 9.53 Å². The van der Waals surface area contributed by atoms with Crippen LogP contribution in [0.2, 0.25) is 0 Å². The van der Waals surface area contributed by atoms with Crippen molar-refractivity contribution in [3.63, 3.8) is 0 Å². The number of ether oxygens (including phenoxy) is 1. The predicted octanol–water partition coefficient (Wildman–Crippen LogP) is 2.80. The van der Waals surface area contributed by atoms with Crippen molar-refractivity contribution >= 4 is 22.4 Å². The third kappa shape index (κ3) is 3.67. The highest BCUT2D eigenvalue weighted by Crippen LogP contribution is 2.43. The van der Waals surface area contributed by atoms with Crippen LogP contribution in [0.5, 0.6) is 0 Å². The molecule has 6 heteroatoms. The fraction of sp³-hybridized carbons (Fsp3) is 0.750. The van der Waals surface area contributed by atoms with E-state index in [9.17, 15) is 4.79 Å². The standard InChI is InChI=1S/C16H25N3O2S/c1-11(2)8-13(14(20)19-15-17-6-7-22-15)18-12-9-16(21-10-12)4-3-5-16/h6-7,11-13,18H,3-5,8-10H2,1-2H3,(H,17,19,20). The highest BCUT2D eigenvalue weighted by atomic mass is 32.1. The normalized spacial score (nSPS) is 24.4. The van der Waals surface area contributed by atoms with Gasteiger partial charge in [0.05, 0.1) is 18.2 Å². The maximum absolute atomic E-state index is 12.5. The maximum Gasteiger partial charge on any atom is 0.243 e. The molecule has 1 saturated carbocycles. The van der Waals surface area contributed by atoms with Crippen molar-refractivity contribution in [1.82, 2.24) is 10.3 Å². The highest BCUT2D eigenvalue weighted by Gasteiger charge is 2.45. The molecule has 2 atom stereocenters. The van der Waals surface area contributed by atoms with Crippen LogP contribution in [0.4, 0.5) is 5.13 Å². The van der Waals surface area contributed by atoms with Gasteiger partial charge < -0.3 is 15.4 Å². The second-order valence-electron chi connectivity index (χ2n) is 6.92. The summed E-state index contributed by atoms with van der Waals surface area (Å²) < 4.78 is 5.98. The maximum atomic E-state index is 12.5. The number of nitrogens with one attached hydrogen (secondary N) is 2. The molecule has 122 valence electrons. The van der Waals surface area contributed by atoms with Gasteiger partial charge in [0.1, 0.15) is 0 Å². The Balaban J connectivity index is 1.58. The third-order valence-electron chi connectivity index (χ3n) is 4.60. The number of anilines is 1. The zero-order valence-corrected chi connectivity index (χ0v) is 14.1. The molecule has 0 aromatic carbocycles. The SMILES string of the molecule is CC(C)CC(NC1COC2(CCC2)C1)C(=O)Nc1nccs1. The van der Waals surface area contributed by atoms with Gasteiger partial charge in [-0.3, -0.25) is 4.79 Å². The van der Waals surface area contributed by atoms with Crippen LogP contribution in [-0.4, -0.2) is 35.2 Å². The summed E-state index contributed by atoms with van der Waals surface area (Å²) >= 11 is 1.45. The summed E-state index contributed by atoms with van der Waals surface area (Å²) in [7, 11) is 0. The van der Waals surface area contributed by atoms with Crippen molar-refractivity contribution in [3.8, 4) is 0 Å². The van der Waals surface area contributed by atoms with E-state index in [0.717, 1.165) is 19.4 Å². The number of hydrogen-bond acceptors (Lipinski definition) is 5. The molecule has 2 N–H and O–H groups in total. The third-order valence-corrected chi connectivity index (χ3v) is 5.29. The van der Waals surface area contributed by atoms with Crippen LogP contribution in [0, 0.1) is 5.92 Å². The molecule has 2 unspecified atom stereocenters. The van der Waals surface area contributed by atoms with Crippen molar-refractivity contribution in [3.05, 3.63) is 11.6 Å². The van der Waals surface area contributed by atoms with Gasteiger partial charge in [-0.15, -0.1) is 11.3 Å². The van der Waals surface area contributed by atoms with Crippen LogP contribution in [0.25, 0.3) is 0 Å². The van der Waals surface area contributed by atoms with Crippen molar-refractivity contribution in [2.75, 3.05) is 11.9 Å². The first kappa shape index (κ1) is 15.9. The van der Waals surface area contributed by atoms with Crippen LogP contribution < -0.4 is 10.6 Å². The number of amides is 1. The Morgan fingerprint density at radius 1 is 1.55 bits per heavy atom. The topological polar surface area (TPSA) is 63.2 Å².